The molecule has 0 heterocycles. The van der Waals surface area contributed by atoms with Gasteiger partial charge in [0.25, 0.3) is 0 Å². The summed E-state index contributed by atoms with van der Waals surface area (Å²) in [6, 6.07) is 19.7. The minimum Gasteiger partial charge on any atom is -0.352 e. The van der Waals surface area contributed by atoms with Crippen LogP contribution in [0.1, 0.15) is 44.7 Å². The molecule has 2 amide bonds. The molecule has 2 aromatic carbocycles. The van der Waals surface area contributed by atoms with Gasteiger partial charge in [-0.1, -0.05) is 67.6 Å². The Morgan fingerprint density at radius 3 is 1.93 bits per heavy atom. The molecular formula is C24H32N2O2. The van der Waals surface area contributed by atoms with Crippen LogP contribution in [0, 0.1) is 0 Å². The van der Waals surface area contributed by atoms with Crippen LogP contribution in [-0.2, 0) is 22.4 Å². The number of amides is 2. The minimum absolute atomic E-state index is 0.0329. The molecule has 0 aliphatic heterocycles. The molecule has 0 bridgehead atoms. The number of benzene rings is 2. The Bertz CT molecular complexity index is 729. The second kappa shape index (κ2) is 11.3. The molecule has 0 fully saturated rings. The fourth-order valence-corrected chi connectivity index (χ4v) is 3.32. The Labute approximate surface area is 169 Å². The van der Waals surface area contributed by atoms with E-state index in [2.05, 4.69) is 17.4 Å². The summed E-state index contributed by atoms with van der Waals surface area (Å²) in [5.74, 6) is -0.0378. The largest absolute Gasteiger partial charge is 0.352 e. The number of hydrogen-bond acceptors (Lipinski definition) is 2. The normalized spacial score (nSPS) is 11.9. The molecule has 4 heteroatoms. The highest BCUT2D eigenvalue weighted by Gasteiger charge is 2.28. The minimum atomic E-state index is -0.436. The predicted octanol–water partition coefficient (Wildman–Crippen LogP) is 3.99. The van der Waals surface area contributed by atoms with Crippen LogP contribution in [0.3, 0.4) is 0 Å². The zero-order chi connectivity index (χ0) is 20.4. The lowest BCUT2D eigenvalue weighted by atomic mass is 10.1. The fourth-order valence-electron chi connectivity index (χ4n) is 3.32. The van der Waals surface area contributed by atoms with Gasteiger partial charge in [0.05, 0.1) is 0 Å². The van der Waals surface area contributed by atoms with Gasteiger partial charge >= 0.3 is 0 Å². The van der Waals surface area contributed by atoms with Gasteiger partial charge in [0.1, 0.15) is 6.04 Å². The molecule has 28 heavy (non-hydrogen) atoms. The zero-order valence-electron chi connectivity index (χ0n) is 17.2. The maximum absolute atomic E-state index is 13.1. The van der Waals surface area contributed by atoms with Crippen LogP contribution in [0.25, 0.3) is 0 Å². The lowest BCUT2D eigenvalue weighted by molar-refractivity contribution is -0.140. The quantitative estimate of drug-likeness (QED) is 0.677. The summed E-state index contributed by atoms with van der Waals surface area (Å²) in [5.41, 5.74) is 2.31. The lowest BCUT2D eigenvalue weighted by Gasteiger charge is -2.31. The van der Waals surface area contributed by atoms with Crippen LogP contribution < -0.4 is 5.32 Å². The third-order valence-electron chi connectivity index (χ3n) is 4.77. The first-order valence-electron chi connectivity index (χ1n) is 10.2. The molecule has 0 aromatic heterocycles. The topological polar surface area (TPSA) is 49.4 Å². The molecule has 1 N–H and O–H groups in total. The van der Waals surface area contributed by atoms with Crippen molar-refractivity contribution in [2.24, 2.45) is 0 Å². The third kappa shape index (κ3) is 6.84. The van der Waals surface area contributed by atoms with Crippen molar-refractivity contribution >= 4 is 11.8 Å². The summed E-state index contributed by atoms with van der Waals surface area (Å²) < 4.78 is 0. The summed E-state index contributed by atoms with van der Waals surface area (Å²) in [7, 11) is 0. The Kier molecular flexibility index (Phi) is 8.73. The highest BCUT2D eigenvalue weighted by Crippen LogP contribution is 2.13. The molecule has 0 spiro atoms. The Hall–Kier alpha value is -2.62. The molecule has 0 radical (unpaired) electrons. The van der Waals surface area contributed by atoms with Crippen LogP contribution in [0.5, 0.6) is 0 Å². The van der Waals surface area contributed by atoms with E-state index in [0.29, 0.717) is 25.8 Å². The summed E-state index contributed by atoms with van der Waals surface area (Å²) in [4.78, 5) is 27.6. The van der Waals surface area contributed by atoms with Crippen molar-refractivity contribution in [3.05, 3.63) is 71.8 Å². The van der Waals surface area contributed by atoms with Crippen LogP contribution in [0.4, 0.5) is 0 Å². The number of nitrogens with zero attached hydrogens (tertiary/aromatic N) is 1. The van der Waals surface area contributed by atoms with Gasteiger partial charge in [-0.3, -0.25) is 9.59 Å². The van der Waals surface area contributed by atoms with Crippen molar-refractivity contribution in [2.75, 3.05) is 6.54 Å². The summed E-state index contributed by atoms with van der Waals surface area (Å²) in [5, 5.41) is 2.97. The zero-order valence-corrected chi connectivity index (χ0v) is 17.2. The molecule has 0 unspecified atom stereocenters. The number of aryl methyl sites for hydroxylation is 1. The van der Waals surface area contributed by atoms with Gasteiger partial charge in [-0.2, -0.15) is 0 Å². The van der Waals surface area contributed by atoms with Crippen LogP contribution in [-0.4, -0.2) is 35.3 Å². The van der Waals surface area contributed by atoms with E-state index in [1.54, 1.807) is 4.90 Å². The van der Waals surface area contributed by atoms with E-state index in [1.807, 2.05) is 69.3 Å². The van der Waals surface area contributed by atoms with Crippen molar-refractivity contribution in [3.8, 4) is 0 Å². The van der Waals surface area contributed by atoms with Crippen molar-refractivity contribution in [1.82, 2.24) is 10.2 Å². The van der Waals surface area contributed by atoms with Gasteiger partial charge in [-0.05, 0) is 44.2 Å². The maximum atomic E-state index is 13.1. The third-order valence-corrected chi connectivity index (χ3v) is 4.77. The van der Waals surface area contributed by atoms with Crippen molar-refractivity contribution in [2.45, 2.75) is 58.5 Å². The first-order chi connectivity index (χ1) is 13.5. The summed E-state index contributed by atoms with van der Waals surface area (Å²) in [6.07, 6.45) is 2.43. The predicted molar refractivity (Wildman–Crippen MR) is 114 cm³/mol. The van der Waals surface area contributed by atoms with E-state index in [1.165, 1.54) is 5.56 Å². The van der Waals surface area contributed by atoms with E-state index in [4.69, 9.17) is 0 Å². The van der Waals surface area contributed by atoms with E-state index < -0.39 is 6.04 Å². The summed E-state index contributed by atoms with van der Waals surface area (Å²) in [6.45, 7) is 6.39. The van der Waals surface area contributed by atoms with Gasteiger partial charge in [-0.25, -0.2) is 0 Å². The molecule has 0 aliphatic rings. The molecule has 0 aliphatic carbocycles. The lowest BCUT2D eigenvalue weighted by Crippen LogP contribution is -2.51. The van der Waals surface area contributed by atoms with E-state index in [0.717, 1.165) is 12.0 Å². The van der Waals surface area contributed by atoms with Gasteiger partial charge in [-0.15, -0.1) is 0 Å². The molecule has 0 saturated heterocycles. The SMILES string of the molecule is CC[C@H](C(=O)NC(C)C)N(CCc1ccccc1)C(=O)CCc1ccccc1. The Morgan fingerprint density at radius 2 is 1.43 bits per heavy atom. The summed E-state index contributed by atoms with van der Waals surface area (Å²) >= 11 is 0. The number of carbonyl (C=O) groups excluding carboxylic acids is 2. The molecule has 2 rings (SSSR count). The second-order valence-corrected chi connectivity index (χ2v) is 7.40. The molecule has 4 nitrogen and oxygen atoms in total. The molecule has 150 valence electrons. The van der Waals surface area contributed by atoms with Crippen LogP contribution in [0.15, 0.2) is 60.7 Å². The number of carbonyl (C=O) groups is 2. The monoisotopic (exact) mass is 380 g/mol. The second-order valence-electron chi connectivity index (χ2n) is 7.40. The van der Waals surface area contributed by atoms with Crippen LogP contribution >= 0.6 is 0 Å². The number of hydrogen-bond donors (Lipinski definition) is 1. The first kappa shape index (κ1) is 21.7. The van der Waals surface area contributed by atoms with Gasteiger partial charge in [0.15, 0.2) is 0 Å². The van der Waals surface area contributed by atoms with Crippen molar-refractivity contribution in [3.63, 3.8) is 0 Å². The Balaban J connectivity index is 2.10. The smallest absolute Gasteiger partial charge is 0.242 e. The average molecular weight is 381 g/mol. The van der Waals surface area contributed by atoms with E-state index >= 15 is 0 Å². The van der Waals surface area contributed by atoms with Crippen LogP contribution in [0.2, 0.25) is 0 Å². The Morgan fingerprint density at radius 1 is 0.893 bits per heavy atom. The molecule has 0 saturated carbocycles. The molecule has 1 atom stereocenters. The van der Waals surface area contributed by atoms with Crippen molar-refractivity contribution in [1.29, 1.82) is 0 Å². The molecular weight excluding hydrogens is 348 g/mol. The highest BCUT2D eigenvalue weighted by molar-refractivity contribution is 5.87. The molecule has 2 aromatic rings. The first-order valence-corrected chi connectivity index (χ1v) is 10.2. The van der Waals surface area contributed by atoms with Gasteiger partial charge in [0.2, 0.25) is 11.8 Å². The van der Waals surface area contributed by atoms with Crippen molar-refractivity contribution < 1.29 is 9.59 Å². The maximum Gasteiger partial charge on any atom is 0.242 e. The number of rotatable bonds is 10. The van der Waals surface area contributed by atoms with E-state index in [9.17, 15) is 9.59 Å². The standard InChI is InChI=1S/C24H32N2O2/c1-4-22(24(28)25-19(2)3)26(18-17-21-13-9-6-10-14-21)23(27)16-15-20-11-7-5-8-12-20/h5-14,19,22H,4,15-18H2,1-3H3,(H,25,28)/t22-/m1/s1. The van der Waals surface area contributed by atoms with Gasteiger partial charge < -0.3 is 10.2 Å². The average Bonchev–Trinajstić information content (AvgIpc) is 2.70. The van der Waals surface area contributed by atoms with Gasteiger partial charge in [0, 0.05) is 19.0 Å². The highest BCUT2D eigenvalue weighted by atomic mass is 16.2. The van der Waals surface area contributed by atoms with E-state index in [-0.39, 0.29) is 17.9 Å². The fraction of sp³-hybridized carbons (Fsp3) is 0.417. The number of nitrogens with one attached hydrogen (secondary N) is 1.